The number of aromatic carboxylic acids is 1. The van der Waals surface area contributed by atoms with Crippen molar-refractivity contribution in [2.75, 3.05) is 26.4 Å². The van der Waals surface area contributed by atoms with Crippen molar-refractivity contribution in [1.29, 1.82) is 0 Å². The lowest BCUT2D eigenvalue weighted by molar-refractivity contribution is -0.130. The zero-order valence-electron chi connectivity index (χ0n) is 17.8. The van der Waals surface area contributed by atoms with Crippen LogP contribution in [0.2, 0.25) is 0 Å². The van der Waals surface area contributed by atoms with Crippen molar-refractivity contribution in [2.45, 2.75) is 27.2 Å². The van der Waals surface area contributed by atoms with Crippen LogP contribution >= 0.6 is 0 Å². The molecular weight excluding hydrogens is 403 g/mol. The van der Waals surface area contributed by atoms with Crippen LogP contribution in [0.4, 0.5) is 4.39 Å². The summed E-state index contributed by atoms with van der Waals surface area (Å²) < 4.78 is 19.2. The number of hydrogen-bond acceptors (Lipinski definition) is 5. The summed E-state index contributed by atoms with van der Waals surface area (Å²) >= 11 is 0. The molecule has 0 fully saturated rings. The van der Waals surface area contributed by atoms with Crippen molar-refractivity contribution < 1.29 is 23.8 Å². The Labute approximate surface area is 179 Å². The third-order valence-corrected chi connectivity index (χ3v) is 5.00. The summed E-state index contributed by atoms with van der Waals surface area (Å²) in [6.07, 6.45) is 0.0378. The Morgan fingerprint density at radius 3 is 2.45 bits per heavy atom. The fourth-order valence-corrected chi connectivity index (χ4v) is 3.42. The number of alkyl halides is 1. The highest BCUT2D eigenvalue weighted by Crippen LogP contribution is 2.29. The summed E-state index contributed by atoms with van der Waals surface area (Å²) in [5, 5.41) is 14.1. The minimum Gasteiger partial charge on any atom is -0.491 e. The minimum atomic E-state index is -1.15. The molecule has 1 N–H and O–H groups in total. The third-order valence-electron chi connectivity index (χ3n) is 5.00. The van der Waals surface area contributed by atoms with Gasteiger partial charge in [-0.15, -0.1) is 0 Å². The van der Waals surface area contributed by atoms with E-state index in [0.29, 0.717) is 41.4 Å². The molecule has 164 valence electrons. The maximum Gasteiger partial charge on any atom is 0.354 e. The quantitative estimate of drug-likeness (QED) is 0.562. The van der Waals surface area contributed by atoms with Crippen molar-refractivity contribution >= 4 is 17.5 Å². The number of carbonyl (C=O) groups is 2. The molecule has 9 heteroatoms. The van der Waals surface area contributed by atoms with Gasteiger partial charge in [-0.25, -0.2) is 18.7 Å². The summed E-state index contributed by atoms with van der Waals surface area (Å²) in [5.74, 6) is -0.721. The Balaban J connectivity index is 2.14. The predicted octanol–water partition coefficient (Wildman–Crippen LogP) is 3.16. The van der Waals surface area contributed by atoms with Gasteiger partial charge < -0.3 is 14.7 Å². The standard InChI is InChI=1S/C22H25FN4O4/c1-4-26(5-2)19(28)13-17-20(15-6-8-16(9-7-15)31-11-10-23)25-27-14(3)12-18(22(29)30)24-21(17)27/h6-9,12H,4-5,10-11,13H2,1-3H3,(H,29,30). The van der Waals surface area contributed by atoms with E-state index in [2.05, 4.69) is 10.1 Å². The van der Waals surface area contributed by atoms with Gasteiger partial charge in [-0.05, 0) is 51.1 Å². The number of amides is 1. The molecule has 0 saturated carbocycles. The first-order valence-corrected chi connectivity index (χ1v) is 10.1. The number of fused-ring (bicyclic) bond motifs is 1. The highest BCUT2D eigenvalue weighted by atomic mass is 19.1. The highest BCUT2D eigenvalue weighted by Gasteiger charge is 2.23. The van der Waals surface area contributed by atoms with E-state index < -0.39 is 12.6 Å². The number of ether oxygens (including phenoxy) is 1. The molecule has 2 heterocycles. The summed E-state index contributed by atoms with van der Waals surface area (Å²) in [6, 6.07) is 8.39. The molecule has 1 aromatic carbocycles. The molecule has 31 heavy (non-hydrogen) atoms. The first-order valence-electron chi connectivity index (χ1n) is 10.1. The van der Waals surface area contributed by atoms with Gasteiger partial charge in [0.2, 0.25) is 5.91 Å². The number of carboxylic acids is 1. The number of aryl methyl sites for hydroxylation is 1. The molecule has 0 radical (unpaired) electrons. The first kappa shape index (κ1) is 22.2. The van der Waals surface area contributed by atoms with Crippen LogP contribution in [-0.4, -0.2) is 62.9 Å². The van der Waals surface area contributed by atoms with Gasteiger partial charge in [0, 0.05) is 29.9 Å². The zero-order chi connectivity index (χ0) is 22.5. The van der Waals surface area contributed by atoms with E-state index in [1.807, 2.05) is 13.8 Å². The largest absolute Gasteiger partial charge is 0.491 e. The number of aromatic nitrogens is 3. The molecule has 3 rings (SSSR count). The van der Waals surface area contributed by atoms with Gasteiger partial charge in [0.15, 0.2) is 11.3 Å². The lowest BCUT2D eigenvalue weighted by Crippen LogP contribution is -2.31. The van der Waals surface area contributed by atoms with Crippen LogP contribution in [-0.2, 0) is 11.2 Å². The number of halogens is 1. The highest BCUT2D eigenvalue weighted by molar-refractivity contribution is 5.88. The third kappa shape index (κ3) is 4.65. The molecular formula is C22H25FN4O4. The van der Waals surface area contributed by atoms with E-state index in [4.69, 9.17) is 4.74 Å². The second kappa shape index (κ2) is 9.55. The van der Waals surface area contributed by atoms with Crippen LogP contribution in [0.1, 0.15) is 35.6 Å². The van der Waals surface area contributed by atoms with Gasteiger partial charge in [0.1, 0.15) is 19.0 Å². The Morgan fingerprint density at radius 1 is 1.19 bits per heavy atom. The van der Waals surface area contributed by atoms with Crippen LogP contribution < -0.4 is 4.74 Å². The van der Waals surface area contributed by atoms with Crippen molar-refractivity contribution in [3.8, 4) is 17.0 Å². The SMILES string of the molecule is CCN(CC)C(=O)Cc1c(-c2ccc(OCCF)cc2)nn2c(C)cc(C(=O)O)nc12. The molecule has 0 atom stereocenters. The molecule has 0 bridgehead atoms. The molecule has 8 nitrogen and oxygen atoms in total. The minimum absolute atomic E-state index is 0.0294. The number of hydrogen-bond donors (Lipinski definition) is 1. The summed E-state index contributed by atoms with van der Waals surface area (Å²) in [5.41, 5.74) is 2.63. The lowest BCUT2D eigenvalue weighted by Gasteiger charge is -2.18. The smallest absolute Gasteiger partial charge is 0.354 e. The number of carboxylic acid groups (broad SMARTS) is 1. The molecule has 0 unspecified atom stereocenters. The van der Waals surface area contributed by atoms with E-state index in [9.17, 15) is 19.1 Å². The second-order valence-electron chi connectivity index (χ2n) is 6.96. The Bertz CT molecular complexity index is 1090. The van der Waals surface area contributed by atoms with Crippen LogP contribution in [0.15, 0.2) is 30.3 Å². The summed E-state index contributed by atoms with van der Waals surface area (Å²) in [7, 11) is 0. The Kier molecular flexibility index (Phi) is 6.84. The van der Waals surface area contributed by atoms with Gasteiger partial charge in [-0.1, -0.05) is 0 Å². The van der Waals surface area contributed by atoms with E-state index in [0.717, 1.165) is 5.56 Å². The van der Waals surface area contributed by atoms with Crippen LogP contribution in [0.3, 0.4) is 0 Å². The first-order chi connectivity index (χ1) is 14.9. The van der Waals surface area contributed by atoms with Crippen molar-refractivity contribution in [1.82, 2.24) is 19.5 Å². The molecule has 0 aliphatic heterocycles. The monoisotopic (exact) mass is 428 g/mol. The fourth-order valence-electron chi connectivity index (χ4n) is 3.42. The number of nitrogens with zero attached hydrogens (tertiary/aromatic N) is 4. The topological polar surface area (TPSA) is 97.0 Å². The Hall–Kier alpha value is -3.49. The zero-order valence-corrected chi connectivity index (χ0v) is 17.8. The van der Waals surface area contributed by atoms with Gasteiger partial charge in [0.25, 0.3) is 0 Å². The van der Waals surface area contributed by atoms with Gasteiger partial charge >= 0.3 is 5.97 Å². The van der Waals surface area contributed by atoms with E-state index in [1.165, 1.54) is 6.07 Å². The number of rotatable bonds is 9. The second-order valence-corrected chi connectivity index (χ2v) is 6.96. The van der Waals surface area contributed by atoms with Crippen molar-refractivity contribution in [3.63, 3.8) is 0 Å². The molecule has 0 spiro atoms. The maximum atomic E-state index is 12.9. The van der Waals surface area contributed by atoms with Crippen LogP contribution in [0.25, 0.3) is 16.9 Å². The van der Waals surface area contributed by atoms with Crippen molar-refractivity contribution in [2.24, 2.45) is 0 Å². The lowest BCUT2D eigenvalue weighted by atomic mass is 10.0. The fraction of sp³-hybridized carbons (Fsp3) is 0.364. The predicted molar refractivity (Wildman–Crippen MR) is 113 cm³/mol. The average molecular weight is 428 g/mol. The molecule has 3 aromatic rings. The van der Waals surface area contributed by atoms with E-state index >= 15 is 0 Å². The van der Waals surface area contributed by atoms with Gasteiger partial charge in [0.05, 0.1) is 12.1 Å². The Morgan fingerprint density at radius 2 is 1.87 bits per heavy atom. The number of likely N-dealkylation sites (N-methyl/N-ethyl adjacent to an activating group) is 1. The molecule has 0 aliphatic carbocycles. The molecule has 0 saturated heterocycles. The summed E-state index contributed by atoms with van der Waals surface area (Å²) in [4.78, 5) is 30.4. The number of benzene rings is 1. The molecule has 1 amide bonds. The van der Waals surface area contributed by atoms with Crippen molar-refractivity contribution in [3.05, 3.63) is 47.3 Å². The average Bonchev–Trinajstić information content (AvgIpc) is 3.12. The number of carbonyl (C=O) groups excluding carboxylic acids is 1. The van der Waals surface area contributed by atoms with Gasteiger partial charge in [-0.3, -0.25) is 4.79 Å². The molecule has 2 aromatic heterocycles. The van der Waals surface area contributed by atoms with Crippen LogP contribution in [0.5, 0.6) is 5.75 Å². The van der Waals surface area contributed by atoms with Crippen LogP contribution in [0, 0.1) is 6.92 Å². The normalized spacial score (nSPS) is 11.0. The maximum absolute atomic E-state index is 12.9. The van der Waals surface area contributed by atoms with E-state index in [1.54, 1.807) is 40.6 Å². The molecule has 0 aliphatic rings. The van der Waals surface area contributed by atoms with E-state index in [-0.39, 0.29) is 24.6 Å². The summed E-state index contributed by atoms with van der Waals surface area (Å²) in [6.45, 7) is 6.07. The van der Waals surface area contributed by atoms with Gasteiger partial charge in [-0.2, -0.15) is 5.10 Å².